The van der Waals surface area contributed by atoms with Crippen LogP contribution in [0.5, 0.6) is 0 Å². The van der Waals surface area contributed by atoms with Crippen LogP contribution in [0.25, 0.3) is 0 Å². The molecular weight excluding hydrogens is 381 g/mol. The highest BCUT2D eigenvalue weighted by Gasteiger charge is 2.17. The molecule has 0 unspecified atom stereocenters. The topological polar surface area (TPSA) is 66.4 Å². The van der Waals surface area contributed by atoms with E-state index in [1.807, 2.05) is 0 Å². The van der Waals surface area contributed by atoms with Crippen LogP contribution in [0.3, 0.4) is 0 Å². The number of benzene rings is 3. The van der Waals surface area contributed by atoms with Gasteiger partial charge in [0, 0.05) is 28.1 Å². The van der Waals surface area contributed by atoms with Gasteiger partial charge in [-0.2, -0.15) is 0 Å². The summed E-state index contributed by atoms with van der Waals surface area (Å²) in [7, 11) is 0. The van der Waals surface area contributed by atoms with Crippen molar-refractivity contribution in [2.45, 2.75) is 13.8 Å². The van der Waals surface area contributed by atoms with Gasteiger partial charge in [0.25, 0.3) is 0 Å². The maximum absolute atomic E-state index is 13.7. The summed E-state index contributed by atoms with van der Waals surface area (Å²) >= 11 is 6.31. The highest BCUT2D eigenvalue weighted by Crippen LogP contribution is 2.28. The molecule has 3 aromatic carbocycles. The van der Waals surface area contributed by atoms with Gasteiger partial charge < -0.3 is 10.4 Å². The Kier molecular flexibility index (Phi) is 5.47. The highest BCUT2D eigenvalue weighted by atomic mass is 35.5. The van der Waals surface area contributed by atoms with E-state index in [2.05, 4.69) is 5.32 Å². The molecular formula is C22H17ClFNO3. The van der Waals surface area contributed by atoms with Gasteiger partial charge in [0.05, 0.1) is 10.6 Å². The number of aromatic carboxylic acids is 1. The van der Waals surface area contributed by atoms with Crippen molar-refractivity contribution in [1.82, 2.24) is 0 Å². The average molecular weight is 398 g/mol. The Morgan fingerprint density at radius 3 is 2.43 bits per heavy atom. The molecule has 4 nitrogen and oxygen atoms in total. The molecule has 0 spiro atoms. The number of hydrogen-bond donors (Lipinski definition) is 2. The van der Waals surface area contributed by atoms with Crippen LogP contribution in [0, 0.1) is 19.7 Å². The molecule has 0 heterocycles. The molecule has 3 rings (SSSR count). The van der Waals surface area contributed by atoms with Gasteiger partial charge in [-0.05, 0) is 61.9 Å². The number of nitrogens with one attached hydrogen (secondary N) is 1. The lowest BCUT2D eigenvalue weighted by Crippen LogP contribution is -2.07. The minimum Gasteiger partial charge on any atom is -0.478 e. The number of aryl methyl sites for hydroxylation is 1. The fourth-order valence-electron chi connectivity index (χ4n) is 2.82. The number of ketones is 1. The Balaban J connectivity index is 1.92. The first-order valence-corrected chi connectivity index (χ1v) is 8.86. The van der Waals surface area contributed by atoms with E-state index in [0.29, 0.717) is 22.5 Å². The summed E-state index contributed by atoms with van der Waals surface area (Å²) in [6.45, 7) is 3.39. The third-order valence-electron chi connectivity index (χ3n) is 4.49. The molecule has 0 atom stereocenters. The Hall–Kier alpha value is -3.18. The first kappa shape index (κ1) is 19.6. The standard InChI is InChI=1S/C22H17ClFNO3/c1-12-6-7-14(22(27)28)10-17(12)21(26)16-9-8-15(11-18(16)23)25-20-5-3-4-19(24)13(20)2/h3-11,25H,1-2H3,(H,27,28). The van der Waals surface area contributed by atoms with Gasteiger partial charge in [0.2, 0.25) is 0 Å². The smallest absolute Gasteiger partial charge is 0.335 e. The summed E-state index contributed by atoms with van der Waals surface area (Å²) in [5.41, 5.74) is 2.90. The molecule has 0 fully saturated rings. The fourth-order valence-corrected chi connectivity index (χ4v) is 3.09. The van der Waals surface area contributed by atoms with Crippen molar-refractivity contribution in [3.8, 4) is 0 Å². The SMILES string of the molecule is Cc1ccc(C(=O)O)cc1C(=O)c1ccc(Nc2cccc(F)c2C)cc1Cl. The van der Waals surface area contributed by atoms with E-state index in [-0.39, 0.29) is 33.3 Å². The van der Waals surface area contributed by atoms with Gasteiger partial charge in [0.1, 0.15) is 5.82 Å². The maximum Gasteiger partial charge on any atom is 0.335 e. The second-order valence-corrected chi connectivity index (χ2v) is 6.80. The van der Waals surface area contributed by atoms with Gasteiger partial charge >= 0.3 is 5.97 Å². The number of carbonyl (C=O) groups is 2. The third kappa shape index (κ3) is 3.89. The summed E-state index contributed by atoms with van der Waals surface area (Å²) in [4.78, 5) is 24.1. The monoisotopic (exact) mass is 397 g/mol. The summed E-state index contributed by atoms with van der Waals surface area (Å²) in [5, 5.41) is 12.4. The van der Waals surface area contributed by atoms with Gasteiger partial charge in [-0.1, -0.05) is 23.7 Å². The fraction of sp³-hybridized carbons (Fsp3) is 0.0909. The maximum atomic E-state index is 13.7. The van der Waals surface area contributed by atoms with Crippen LogP contribution < -0.4 is 5.32 Å². The van der Waals surface area contributed by atoms with Gasteiger partial charge in [-0.15, -0.1) is 0 Å². The molecule has 142 valence electrons. The molecule has 0 saturated heterocycles. The lowest BCUT2D eigenvalue weighted by molar-refractivity contribution is 0.0697. The number of hydrogen-bond acceptors (Lipinski definition) is 3. The predicted octanol–water partition coefficient (Wildman–Crippen LogP) is 5.77. The minimum atomic E-state index is -1.11. The minimum absolute atomic E-state index is 0.0324. The molecule has 0 amide bonds. The van der Waals surface area contributed by atoms with Crippen molar-refractivity contribution in [3.63, 3.8) is 0 Å². The van der Waals surface area contributed by atoms with E-state index in [1.165, 1.54) is 18.2 Å². The quantitative estimate of drug-likeness (QED) is 0.536. The summed E-state index contributed by atoms with van der Waals surface area (Å²) in [5.74, 6) is -1.79. The van der Waals surface area contributed by atoms with E-state index in [4.69, 9.17) is 16.7 Å². The molecule has 0 aliphatic rings. The van der Waals surface area contributed by atoms with Crippen molar-refractivity contribution in [1.29, 1.82) is 0 Å². The Labute approximate surface area is 166 Å². The van der Waals surface area contributed by atoms with Crippen LogP contribution in [-0.4, -0.2) is 16.9 Å². The van der Waals surface area contributed by atoms with E-state index < -0.39 is 5.97 Å². The molecule has 2 N–H and O–H groups in total. The Morgan fingerprint density at radius 2 is 1.75 bits per heavy atom. The number of carbonyl (C=O) groups excluding carboxylic acids is 1. The molecule has 0 aliphatic heterocycles. The molecule has 0 saturated carbocycles. The van der Waals surface area contributed by atoms with Crippen molar-refractivity contribution in [2.24, 2.45) is 0 Å². The van der Waals surface area contributed by atoms with Crippen LogP contribution in [0.2, 0.25) is 5.02 Å². The van der Waals surface area contributed by atoms with Gasteiger partial charge in [-0.3, -0.25) is 4.79 Å². The lowest BCUT2D eigenvalue weighted by atomic mass is 9.96. The molecule has 0 aromatic heterocycles. The van der Waals surface area contributed by atoms with E-state index in [9.17, 15) is 14.0 Å². The molecule has 0 radical (unpaired) electrons. The van der Waals surface area contributed by atoms with Gasteiger partial charge in [-0.25, -0.2) is 9.18 Å². The normalized spacial score (nSPS) is 10.6. The number of carboxylic acid groups (broad SMARTS) is 1. The van der Waals surface area contributed by atoms with E-state index >= 15 is 0 Å². The highest BCUT2D eigenvalue weighted by molar-refractivity contribution is 6.35. The van der Waals surface area contributed by atoms with E-state index in [1.54, 1.807) is 50.2 Å². The van der Waals surface area contributed by atoms with Crippen LogP contribution in [0.1, 0.15) is 37.4 Å². The van der Waals surface area contributed by atoms with Crippen LogP contribution in [-0.2, 0) is 0 Å². The zero-order valence-electron chi connectivity index (χ0n) is 15.2. The van der Waals surface area contributed by atoms with Crippen LogP contribution >= 0.6 is 11.6 Å². The van der Waals surface area contributed by atoms with Crippen molar-refractivity contribution in [3.05, 3.63) is 93.3 Å². The Morgan fingerprint density at radius 1 is 1.00 bits per heavy atom. The van der Waals surface area contributed by atoms with Crippen molar-refractivity contribution < 1.29 is 19.1 Å². The second kappa shape index (κ2) is 7.82. The first-order valence-electron chi connectivity index (χ1n) is 8.48. The first-order chi connectivity index (χ1) is 13.3. The lowest BCUT2D eigenvalue weighted by Gasteiger charge is -2.12. The average Bonchev–Trinajstić information content (AvgIpc) is 2.65. The number of carboxylic acids is 1. The third-order valence-corrected chi connectivity index (χ3v) is 4.80. The summed E-state index contributed by atoms with van der Waals surface area (Å²) in [6, 6.07) is 13.9. The van der Waals surface area contributed by atoms with Gasteiger partial charge in [0.15, 0.2) is 5.78 Å². The predicted molar refractivity (Wildman–Crippen MR) is 107 cm³/mol. The number of anilines is 2. The second-order valence-electron chi connectivity index (χ2n) is 6.40. The van der Waals surface area contributed by atoms with Crippen molar-refractivity contribution >= 4 is 34.7 Å². The van der Waals surface area contributed by atoms with Crippen molar-refractivity contribution in [2.75, 3.05) is 5.32 Å². The molecule has 6 heteroatoms. The Bertz CT molecular complexity index is 1100. The number of rotatable bonds is 5. The number of halogens is 2. The largest absolute Gasteiger partial charge is 0.478 e. The zero-order valence-corrected chi connectivity index (χ0v) is 16.0. The summed E-state index contributed by atoms with van der Waals surface area (Å²) < 4.78 is 13.7. The summed E-state index contributed by atoms with van der Waals surface area (Å²) in [6.07, 6.45) is 0. The zero-order chi connectivity index (χ0) is 20.4. The van der Waals surface area contributed by atoms with Crippen LogP contribution in [0.4, 0.5) is 15.8 Å². The molecule has 3 aromatic rings. The molecule has 28 heavy (non-hydrogen) atoms. The van der Waals surface area contributed by atoms with E-state index in [0.717, 1.165) is 0 Å². The molecule has 0 aliphatic carbocycles. The molecule has 0 bridgehead atoms. The van der Waals surface area contributed by atoms with Crippen LogP contribution in [0.15, 0.2) is 54.6 Å².